The smallest absolute Gasteiger partial charge is 0.255 e. The fraction of sp³-hybridized carbons (Fsp3) is 0.500. The first-order valence-electron chi connectivity index (χ1n) is 6.42. The van der Waals surface area contributed by atoms with Gasteiger partial charge in [-0.2, -0.15) is 0 Å². The zero-order chi connectivity index (χ0) is 14.0. The van der Waals surface area contributed by atoms with E-state index in [1.54, 1.807) is 11.8 Å². The molecule has 5 heteroatoms. The summed E-state index contributed by atoms with van der Waals surface area (Å²) < 4.78 is 13.3. The van der Waals surface area contributed by atoms with Gasteiger partial charge in [-0.15, -0.1) is 0 Å². The van der Waals surface area contributed by atoms with Gasteiger partial charge in [0.1, 0.15) is 5.82 Å². The van der Waals surface area contributed by atoms with Crippen LogP contribution >= 0.6 is 11.6 Å². The summed E-state index contributed by atoms with van der Waals surface area (Å²) in [7, 11) is 1.91. The highest BCUT2D eigenvalue weighted by Gasteiger charge is 2.27. The van der Waals surface area contributed by atoms with E-state index in [2.05, 4.69) is 5.32 Å². The van der Waals surface area contributed by atoms with Gasteiger partial charge in [0.25, 0.3) is 5.91 Å². The Bertz CT molecular complexity index is 493. The third-order valence-corrected chi connectivity index (χ3v) is 3.86. The number of rotatable bonds is 3. The molecule has 1 aliphatic rings. The first kappa shape index (κ1) is 14.3. The van der Waals surface area contributed by atoms with E-state index < -0.39 is 0 Å². The number of nitrogens with zero attached hydrogens (tertiary/aromatic N) is 1. The first-order valence-corrected chi connectivity index (χ1v) is 6.80. The Morgan fingerprint density at radius 2 is 2.32 bits per heavy atom. The monoisotopic (exact) mass is 284 g/mol. The molecule has 0 bridgehead atoms. The topological polar surface area (TPSA) is 32.3 Å². The van der Waals surface area contributed by atoms with E-state index in [9.17, 15) is 9.18 Å². The van der Waals surface area contributed by atoms with Gasteiger partial charge < -0.3 is 10.2 Å². The molecule has 0 unspecified atom stereocenters. The van der Waals surface area contributed by atoms with Gasteiger partial charge in [0, 0.05) is 13.1 Å². The average molecular weight is 285 g/mol. The third kappa shape index (κ3) is 3.07. The number of nitrogens with one attached hydrogen (secondary N) is 1. The lowest BCUT2D eigenvalue weighted by Crippen LogP contribution is -2.30. The molecule has 0 aliphatic carbocycles. The van der Waals surface area contributed by atoms with Gasteiger partial charge in [-0.1, -0.05) is 11.6 Å². The molecule has 1 N–H and O–H groups in total. The SMILES string of the molecule is CNC[C@H]1CCN(C(=O)c2cc(C)c(F)cc2Cl)C1. The lowest BCUT2D eigenvalue weighted by atomic mass is 10.1. The van der Waals surface area contributed by atoms with Crippen LogP contribution in [0.15, 0.2) is 12.1 Å². The van der Waals surface area contributed by atoms with Crippen LogP contribution in [-0.4, -0.2) is 37.5 Å². The van der Waals surface area contributed by atoms with Gasteiger partial charge in [-0.25, -0.2) is 4.39 Å². The van der Waals surface area contributed by atoms with E-state index in [0.717, 1.165) is 26.1 Å². The molecule has 3 nitrogen and oxygen atoms in total. The number of amides is 1. The van der Waals surface area contributed by atoms with Crippen LogP contribution in [-0.2, 0) is 0 Å². The first-order chi connectivity index (χ1) is 9.02. The minimum atomic E-state index is -0.379. The third-order valence-electron chi connectivity index (χ3n) is 3.54. The summed E-state index contributed by atoms with van der Waals surface area (Å²) in [5, 5.41) is 3.31. The van der Waals surface area contributed by atoms with Crippen LogP contribution in [0.1, 0.15) is 22.3 Å². The molecule has 104 valence electrons. The minimum absolute atomic E-state index is 0.105. The lowest BCUT2D eigenvalue weighted by molar-refractivity contribution is 0.0787. The van der Waals surface area contributed by atoms with Crippen LogP contribution in [0.25, 0.3) is 0 Å². The van der Waals surface area contributed by atoms with Crippen LogP contribution in [0.3, 0.4) is 0 Å². The van der Waals surface area contributed by atoms with Gasteiger partial charge in [-0.05, 0) is 50.6 Å². The molecule has 1 fully saturated rings. The number of aryl methyl sites for hydroxylation is 1. The molecule has 1 aromatic carbocycles. The summed E-state index contributed by atoms with van der Waals surface area (Å²) in [6, 6.07) is 2.75. The number of benzene rings is 1. The van der Waals surface area contributed by atoms with Crippen LogP contribution in [0.2, 0.25) is 5.02 Å². The molecule has 2 rings (SSSR count). The second kappa shape index (κ2) is 5.88. The quantitative estimate of drug-likeness (QED) is 0.925. The summed E-state index contributed by atoms with van der Waals surface area (Å²) in [6.45, 7) is 4.00. The minimum Gasteiger partial charge on any atom is -0.338 e. The summed E-state index contributed by atoms with van der Waals surface area (Å²) in [5.41, 5.74) is 0.837. The molecule has 0 saturated carbocycles. The highest BCUT2D eigenvalue weighted by molar-refractivity contribution is 6.33. The Kier molecular flexibility index (Phi) is 4.42. The van der Waals surface area contributed by atoms with Crippen LogP contribution in [0.5, 0.6) is 0 Å². The van der Waals surface area contributed by atoms with Crippen molar-refractivity contribution in [2.75, 3.05) is 26.7 Å². The van der Waals surface area contributed by atoms with Crippen molar-refractivity contribution in [3.63, 3.8) is 0 Å². The zero-order valence-electron chi connectivity index (χ0n) is 11.2. The number of halogens is 2. The van der Waals surface area contributed by atoms with Crippen LogP contribution in [0, 0.1) is 18.7 Å². The fourth-order valence-electron chi connectivity index (χ4n) is 2.46. The molecule has 1 aliphatic heterocycles. The van der Waals surface area contributed by atoms with Crippen molar-refractivity contribution in [1.29, 1.82) is 0 Å². The Morgan fingerprint density at radius 1 is 1.58 bits per heavy atom. The van der Waals surface area contributed by atoms with E-state index in [4.69, 9.17) is 11.6 Å². The van der Waals surface area contributed by atoms with E-state index in [1.807, 2.05) is 7.05 Å². The van der Waals surface area contributed by atoms with Gasteiger partial charge in [-0.3, -0.25) is 4.79 Å². The Labute approximate surface area is 117 Å². The van der Waals surface area contributed by atoms with Gasteiger partial charge in [0.15, 0.2) is 0 Å². The van der Waals surface area contributed by atoms with E-state index >= 15 is 0 Å². The molecular weight excluding hydrogens is 267 g/mol. The van der Waals surface area contributed by atoms with Crippen LogP contribution < -0.4 is 5.32 Å². The molecule has 0 aromatic heterocycles. The van der Waals surface area contributed by atoms with Gasteiger partial charge in [0.2, 0.25) is 0 Å². The highest BCUT2D eigenvalue weighted by atomic mass is 35.5. The van der Waals surface area contributed by atoms with Crippen molar-refractivity contribution in [2.45, 2.75) is 13.3 Å². The summed E-state index contributed by atoms with van der Waals surface area (Å²) in [5.74, 6) is -0.00277. The second-order valence-electron chi connectivity index (χ2n) is 5.04. The Morgan fingerprint density at radius 3 is 3.00 bits per heavy atom. The predicted molar refractivity (Wildman–Crippen MR) is 74.1 cm³/mol. The van der Waals surface area contributed by atoms with Crippen molar-refractivity contribution in [3.05, 3.63) is 34.1 Å². The van der Waals surface area contributed by atoms with Crippen molar-refractivity contribution in [2.24, 2.45) is 5.92 Å². The normalized spacial score (nSPS) is 18.9. The maximum absolute atomic E-state index is 13.3. The molecule has 1 saturated heterocycles. The van der Waals surface area contributed by atoms with Crippen molar-refractivity contribution >= 4 is 17.5 Å². The van der Waals surface area contributed by atoms with Gasteiger partial charge >= 0.3 is 0 Å². The molecule has 0 radical (unpaired) electrons. The van der Waals surface area contributed by atoms with Gasteiger partial charge in [0.05, 0.1) is 10.6 Å². The second-order valence-corrected chi connectivity index (χ2v) is 5.45. The Hall–Kier alpha value is -1.13. The number of carbonyl (C=O) groups excluding carboxylic acids is 1. The van der Waals surface area contributed by atoms with E-state index in [-0.39, 0.29) is 16.7 Å². The molecule has 1 heterocycles. The molecule has 1 atom stereocenters. The van der Waals surface area contributed by atoms with Crippen molar-refractivity contribution < 1.29 is 9.18 Å². The standard InChI is InChI=1S/C14H18ClFN2O/c1-9-5-11(12(15)6-13(9)16)14(19)18-4-3-10(8-18)7-17-2/h5-6,10,17H,3-4,7-8H2,1-2H3/t10-/m1/s1. The molecule has 19 heavy (non-hydrogen) atoms. The number of hydrogen-bond donors (Lipinski definition) is 1. The average Bonchev–Trinajstić information content (AvgIpc) is 2.82. The van der Waals surface area contributed by atoms with Crippen LogP contribution in [0.4, 0.5) is 4.39 Å². The fourth-order valence-corrected chi connectivity index (χ4v) is 2.70. The van der Waals surface area contributed by atoms with Crippen molar-refractivity contribution in [3.8, 4) is 0 Å². The molecular formula is C14H18ClFN2O. The zero-order valence-corrected chi connectivity index (χ0v) is 11.9. The maximum Gasteiger partial charge on any atom is 0.255 e. The molecule has 1 aromatic rings. The van der Waals surface area contributed by atoms with Crippen molar-refractivity contribution in [1.82, 2.24) is 10.2 Å². The number of likely N-dealkylation sites (tertiary alicyclic amines) is 1. The number of hydrogen-bond acceptors (Lipinski definition) is 2. The maximum atomic E-state index is 13.3. The predicted octanol–water partition coefficient (Wildman–Crippen LogP) is 2.47. The van der Waals surface area contributed by atoms with E-state index in [0.29, 0.717) is 17.0 Å². The molecule has 0 spiro atoms. The lowest BCUT2D eigenvalue weighted by Gasteiger charge is -2.18. The summed E-state index contributed by atoms with van der Waals surface area (Å²) in [4.78, 5) is 14.2. The molecule has 1 amide bonds. The number of carbonyl (C=O) groups is 1. The largest absolute Gasteiger partial charge is 0.338 e. The summed E-state index contributed by atoms with van der Waals surface area (Å²) in [6.07, 6.45) is 0.990. The Balaban J connectivity index is 2.15. The van der Waals surface area contributed by atoms with E-state index in [1.165, 1.54) is 12.1 Å². The summed E-state index contributed by atoms with van der Waals surface area (Å²) >= 11 is 5.97. The highest BCUT2D eigenvalue weighted by Crippen LogP contribution is 2.24.